The molecule has 1 aromatic heterocycles. The van der Waals surface area contributed by atoms with Crippen LogP contribution in [0.25, 0.3) is 0 Å². The molecule has 148 valence electrons. The maximum absolute atomic E-state index is 12.6. The van der Waals surface area contributed by atoms with Crippen LogP contribution in [0.4, 0.5) is 0 Å². The molecule has 0 fully saturated rings. The molecule has 0 radical (unpaired) electrons. The molecule has 27 heavy (non-hydrogen) atoms. The zero-order valence-electron chi connectivity index (χ0n) is 17.0. The summed E-state index contributed by atoms with van der Waals surface area (Å²) >= 11 is 5.96. The van der Waals surface area contributed by atoms with Gasteiger partial charge in [-0.25, -0.2) is 4.68 Å². The molecule has 2 rings (SSSR count). The van der Waals surface area contributed by atoms with Crippen LogP contribution in [0.15, 0.2) is 18.2 Å². The first kappa shape index (κ1) is 21.5. The molecule has 1 aromatic carbocycles. The Balaban J connectivity index is 1.92. The topological polar surface area (TPSA) is 44.1 Å². The minimum Gasteiger partial charge on any atom is -0.483 e. The minimum absolute atomic E-state index is 0.0408. The van der Waals surface area contributed by atoms with Crippen LogP contribution < -0.4 is 4.74 Å². The molecule has 0 saturated heterocycles. The molecule has 0 aliphatic rings. The molecule has 0 spiro atoms. The zero-order chi connectivity index (χ0) is 19.8. The molecule has 1 heterocycles. The largest absolute Gasteiger partial charge is 0.483 e. The highest BCUT2D eigenvalue weighted by molar-refractivity contribution is 6.30. The standard InChI is InChI=1S/C22H31ClN2O2/c1-5-6-7-8-9-10-11-20-17(3)24-25(18(20)4)22(26)15-27-21-13-12-19(23)14-16(21)2/h12-14H,5-11,15H2,1-4H3. The van der Waals surface area contributed by atoms with Crippen LogP contribution in [0.2, 0.25) is 5.02 Å². The van der Waals surface area contributed by atoms with Crippen molar-refractivity contribution in [2.75, 3.05) is 6.61 Å². The Kier molecular flexibility index (Phi) is 8.36. The number of nitrogens with zero attached hydrogens (tertiary/aromatic N) is 2. The molecule has 0 atom stereocenters. The fraction of sp³-hybridized carbons (Fsp3) is 0.545. The van der Waals surface area contributed by atoms with Gasteiger partial charge in [0.1, 0.15) is 5.75 Å². The van der Waals surface area contributed by atoms with Gasteiger partial charge < -0.3 is 4.74 Å². The third-order valence-electron chi connectivity index (χ3n) is 4.95. The quantitative estimate of drug-likeness (QED) is 0.461. The van der Waals surface area contributed by atoms with Gasteiger partial charge in [-0.15, -0.1) is 0 Å². The van der Waals surface area contributed by atoms with E-state index in [0.29, 0.717) is 10.8 Å². The molecule has 4 nitrogen and oxygen atoms in total. The number of halogens is 1. The van der Waals surface area contributed by atoms with Gasteiger partial charge in [0.2, 0.25) is 0 Å². The lowest BCUT2D eigenvalue weighted by Crippen LogP contribution is -2.22. The summed E-state index contributed by atoms with van der Waals surface area (Å²) in [6.45, 7) is 8.05. The molecule has 0 aliphatic heterocycles. The molecule has 0 aliphatic carbocycles. The predicted molar refractivity (Wildman–Crippen MR) is 111 cm³/mol. The molecule has 0 saturated carbocycles. The number of aryl methyl sites for hydroxylation is 2. The van der Waals surface area contributed by atoms with Crippen molar-refractivity contribution in [2.24, 2.45) is 0 Å². The van der Waals surface area contributed by atoms with Gasteiger partial charge in [0, 0.05) is 10.7 Å². The maximum Gasteiger partial charge on any atom is 0.284 e. The lowest BCUT2D eigenvalue weighted by atomic mass is 10.0. The van der Waals surface area contributed by atoms with Gasteiger partial charge in [0.25, 0.3) is 5.91 Å². The van der Waals surface area contributed by atoms with Gasteiger partial charge >= 0.3 is 0 Å². The van der Waals surface area contributed by atoms with Gasteiger partial charge in [-0.05, 0) is 62.9 Å². The molecular formula is C22H31ClN2O2. The van der Waals surface area contributed by atoms with Crippen LogP contribution in [0.3, 0.4) is 0 Å². The highest BCUT2D eigenvalue weighted by Crippen LogP contribution is 2.22. The second-order valence-corrected chi connectivity index (χ2v) is 7.61. The number of aromatic nitrogens is 2. The lowest BCUT2D eigenvalue weighted by Gasteiger charge is -2.09. The Bertz CT molecular complexity index is 768. The Morgan fingerprint density at radius 2 is 1.81 bits per heavy atom. The summed E-state index contributed by atoms with van der Waals surface area (Å²) < 4.78 is 7.17. The zero-order valence-corrected chi connectivity index (χ0v) is 17.7. The summed E-state index contributed by atoms with van der Waals surface area (Å²) in [5.41, 5.74) is 3.98. The number of ether oxygens (including phenoxy) is 1. The van der Waals surface area contributed by atoms with E-state index in [2.05, 4.69) is 12.0 Å². The highest BCUT2D eigenvalue weighted by atomic mass is 35.5. The van der Waals surface area contributed by atoms with E-state index in [-0.39, 0.29) is 12.5 Å². The summed E-state index contributed by atoms with van der Waals surface area (Å²) in [5.74, 6) is 0.515. The summed E-state index contributed by atoms with van der Waals surface area (Å²) in [6, 6.07) is 5.37. The first-order chi connectivity index (χ1) is 12.9. The summed E-state index contributed by atoms with van der Waals surface area (Å²) in [4.78, 5) is 12.6. The van der Waals surface area contributed by atoms with Crippen molar-refractivity contribution in [2.45, 2.75) is 72.6 Å². The van der Waals surface area contributed by atoms with Crippen molar-refractivity contribution in [3.63, 3.8) is 0 Å². The van der Waals surface area contributed by atoms with Gasteiger partial charge in [0.15, 0.2) is 6.61 Å². The predicted octanol–water partition coefficient (Wildman–Crippen LogP) is 6.08. The molecular weight excluding hydrogens is 360 g/mol. The van der Waals surface area contributed by atoms with Gasteiger partial charge in [-0.1, -0.05) is 50.6 Å². The lowest BCUT2D eigenvalue weighted by molar-refractivity contribution is 0.0817. The van der Waals surface area contributed by atoms with Crippen molar-refractivity contribution >= 4 is 17.5 Å². The van der Waals surface area contributed by atoms with Crippen LogP contribution >= 0.6 is 11.6 Å². The van der Waals surface area contributed by atoms with Crippen LogP contribution in [0.5, 0.6) is 5.75 Å². The number of benzene rings is 1. The van der Waals surface area contributed by atoms with Crippen molar-refractivity contribution in [1.29, 1.82) is 0 Å². The number of hydrogen-bond acceptors (Lipinski definition) is 3. The molecule has 2 aromatic rings. The van der Waals surface area contributed by atoms with E-state index >= 15 is 0 Å². The average molecular weight is 391 g/mol. The van der Waals surface area contributed by atoms with Crippen LogP contribution in [-0.4, -0.2) is 22.3 Å². The number of unbranched alkanes of at least 4 members (excludes halogenated alkanes) is 5. The summed E-state index contributed by atoms with van der Waals surface area (Å²) in [5, 5.41) is 5.11. The SMILES string of the molecule is CCCCCCCCc1c(C)nn(C(=O)COc2ccc(Cl)cc2C)c1C. The Morgan fingerprint density at radius 1 is 1.11 bits per heavy atom. The van der Waals surface area contributed by atoms with E-state index in [4.69, 9.17) is 16.3 Å². The van der Waals surface area contributed by atoms with E-state index in [1.807, 2.05) is 26.8 Å². The first-order valence-electron chi connectivity index (χ1n) is 9.91. The van der Waals surface area contributed by atoms with E-state index in [1.165, 1.54) is 42.3 Å². The van der Waals surface area contributed by atoms with Crippen LogP contribution in [0.1, 0.15) is 72.8 Å². The second kappa shape index (κ2) is 10.5. The van der Waals surface area contributed by atoms with Gasteiger partial charge in [-0.3, -0.25) is 4.79 Å². The van der Waals surface area contributed by atoms with E-state index in [9.17, 15) is 4.79 Å². The molecule has 0 amide bonds. The normalized spacial score (nSPS) is 11.0. The molecule has 0 N–H and O–H groups in total. The third kappa shape index (κ3) is 6.10. The van der Waals surface area contributed by atoms with Crippen molar-refractivity contribution in [3.05, 3.63) is 45.7 Å². The Labute approximate surface area is 167 Å². The first-order valence-corrected chi connectivity index (χ1v) is 10.3. The average Bonchev–Trinajstić information content (AvgIpc) is 2.91. The van der Waals surface area contributed by atoms with Crippen LogP contribution in [0, 0.1) is 20.8 Å². The molecule has 0 unspecified atom stereocenters. The van der Waals surface area contributed by atoms with E-state index in [1.54, 1.807) is 12.1 Å². The van der Waals surface area contributed by atoms with Gasteiger partial charge in [0.05, 0.1) is 5.69 Å². The van der Waals surface area contributed by atoms with E-state index in [0.717, 1.165) is 29.8 Å². The summed E-state index contributed by atoms with van der Waals surface area (Å²) in [7, 11) is 0. The number of carbonyl (C=O) groups excluding carboxylic acids is 1. The van der Waals surface area contributed by atoms with Crippen molar-refractivity contribution in [3.8, 4) is 5.75 Å². The van der Waals surface area contributed by atoms with Gasteiger partial charge in [-0.2, -0.15) is 5.10 Å². The Hall–Kier alpha value is -1.81. The van der Waals surface area contributed by atoms with E-state index < -0.39 is 0 Å². The summed E-state index contributed by atoms with van der Waals surface area (Å²) in [6.07, 6.45) is 8.54. The fourth-order valence-electron chi connectivity index (χ4n) is 3.34. The molecule has 5 heteroatoms. The highest BCUT2D eigenvalue weighted by Gasteiger charge is 2.17. The monoisotopic (exact) mass is 390 g/mol. The maximum atomic E-state index is 12.6. The number of carbonyl (C=O) groups is 1. The second-order valence-electron chi connectivity index (χ2n) is 7.17. The van der Waals surface area contributed by atoms with Crippen LogP contribution in [-0.2, 0) is 6.42 Å². The fourth-order valence-corrected chi connectivity index (χ4v) is 3.56. The molecule has 0 bridgehead atoms. The minimum atomic E-state index is -0.154. The van der Waals surface area contributed by atoms with Crippen molar-refractivity contribution in [1.82, 2.24) is 9.78 Å². The smallest absolute Gasteiger partial charge is 0.284 e. The Morgan fingerprint density at radius 3 is 2.52 bits per heavy atom. The number of rotatable bonds is 10. The third-order valence-corrected chi connectivity index (χ3v) is 5.18. The number of hydrogen-bond donors (Lipinski definition) is 0. The van der Waals surface area contributed by atoms with Crippen molar-refractivity contribution < 1.29 is 9.53 Å².